The minimum atomic E-state index is -0.793. The molecule has 1 N–H and O–H groups in total. The van der Waals surface area contributed by atoms with Crippen molar-refractivity contribution in [3.8, 4) is 0 Å². The summed E-state index contributed by atoms with van der Waals surface area (Å²) in [6.45, 7) is 1.98. The van der Waals surface area contributed by atoms with Crippen LogP contribution in [0.15, 0.2) is 11.3 Å². The molecular weight excluding hydrogens is 254 g/mol. The number of ether oxygens (including phenoxy) is 3. The fourth-order valence-electron chi connectivity index (χ4n) is 1.79. The van der Waals surface area contributed by atoms with Crippen molar-refractivity contribution in [2.24, 2.45) is 0 Å². The molecule has 0 unspecified atom stereocenters. The Balaban J connectivity index is 2.92. The van der Waals surface area contributed by atoms with E-state index in [0.717, 1.165) is 0 Å². The molecule has 0 spiro atoms. The summed E-state index contributed by atoms with van der Waals surface area (Å²) in [6.07, 6.45) is 0.828. The molecule has 1 rings (SSSR count). The lowest BCUT2D eigenvalue weighted by Crippen LogP contribution is -2.33. The van der Waals surface area contributed by atoms with Gasteiger partial charge in [0.1, 0.15) is 6.04 Å². The van der Waals surface area contributed by atoms with Crippen LogP contribution in [0.1, 0.15) is 19.8 Å². The Morgan fingerprint density at radius 1 is 1.21 bits per heavy atom. The van der Waals surface area contributed by atoms with Crippen molar-refractivity contribution in [2.75, 3.05) is 20.8 Å². The third-order valence-electron chi connectivity index (χ3n) is 2.68. The van der Waals surface area contributed by atoms with E-state index >= 15 is 0 Å². The molecule has 1 fully saturated rings. The summed E-state index contributed by atoms with van der Waals surface area (Å²) in [5, 5.41) is 2.81. The molecule has 19 heavy (non-hydrogen) atoms. The summed E-state index contributed by atoms with van der Waals surface area (Å²) in [6, 6.07) is -0.556. The molecule has 0 amide bonds. The van der Waals surface area contributed by atoms with Crippen LogP contribution in [0.25, 0.3) is 0 Å². The van der Waals surface area contributed by atoms with Crippen LogP contribution >= 0.6 is 0 Å². The average Bonchev–Trinajstić information content (AvgIpc) is 2.88. The Kier molecular flexibility index (Phi) is 5.35. The number of esters is 3. The maximum absolute atomic E-state index is 11.6. The minimum absolute atomic E-state index is 0.211. The summed E-state index contributed by atoms with van der Waals surface area (Å²) < 4.78 is 13.9. The zero-order chi connectivity index (χ0) is 14.4. The fourth-order valence-corrected chi connectivity index (χ4v) is 1.79. The smallest absolute Gasteiger partial charge is 0.347 e. The molecule has 1 atom stereocenters. The van der Waals surface area contributed by atoms with Crippen molar-refractivity contribution in [1.82, 2.24) is 5.32 Å². The molecular formula is C12H17NO6. The summed E-state index contributed by atoms with van der Waals surface area (Å²) in [5.41, 5.74) is 0.133. The molecule has 1 heterocycles. The first-order valence-electron chi connectivity index (χ1n) is 5.88. The molecule has 0 bridgehead atoms. The average molecular weight is 271 g/mol. The van der Waals surface area contributed by atoms with E-state index in [4.69, 9.17) is 4.74 Å². The van der Waals surface area contributed by atoms with Crippen LogP contribution < -0.4 is 5.32 Å². The number of rotatable bonds is 4. The molecule has 1 aliphatic rings. The molecule has 1 aliphatic heterocycles. The van der Waals surface area contributed by atoms with E-state index in [1.165, 1.54) is 14.2 Å². The Morgan fingerprint density at radius 3 is 2.26 bits per heavy atom. The van der Waals surface area contributed by atoms with E-state index in [9.17, 15) is 14.4 Å². The van der Waals surface area contributed by atoms with Gasteiger partial charge < -0.3 is 19.5 Å². The van der Waals surface area contributed by atoms with Crippen molar-refractivity contribution < 1.29 is 28.6 Å². The highest BCUT2D eigenvalue weighted by atomic mass is 16.5. The Labute approximate surface area is 110 Å². The minimum Gasteiger partial charge on any atom is -0.465 e. The number of allylic oxidation sites excluding steroid dienone is 1. The maximum Gasteiger partial charge on any atom is 0.347 e. The summed E-state index contributed by atoms with van der Waals surface area (Å²) in [7, 11) is 2.34. The van der Waals surface area contributed by atoms with Crippen molar-refractivity contribution >= 4 is 17.9 Å². The lowest BCUT2D eigenvalue weighted by atomic mass is 10.1. The third kappa shape index (κ3) is 3.46. The third-order valence-corrected chi connectivity index (χ3v) is 2.68. The molecule has 106 valence electrons. The summed E-state index contributed by atoms with van der Waals surface area (Å²) in [5.74, 6) is -2.00. The number of carbonyl (C=O) groups is 3. The van der Waals surface area contributed by atoms with Gasteiger partial charge in [0.25, 0.3) is 0 Å². The summed E-state index contributed by atoms with van der Waals surface area (Å²) >= 11 is 0. The Bertz CT molecular complexity index is 396. The van der Waals surface area contributed by atoms with E-state index in [0.29, 0.717) is 18.5 Å². The topological polar surface area (TPSA) is 90.9 Å². The molecule has 1 saturated heterocycles. The number of carbonyl (C=O) groups excluding carboxylic acids is 3. The van der Waals surface area contributed by atoms with Gasteiger partial charge in [-0.15, -0.1) is 0 Å². The van der Waals surface area contributed by atoms with E-state index < -0.39 is 23.9 Å². The van der Waals surface area contributed by atoms with Crippen LogP contribution in [0.4, 0.5) is 0 Å². The van der Waals surface area contributed by atoms with Gasteiger partial charge >= 0.3 is 17.9 Å². The van der Waals surface area contributed by atoms with Gasteiger partial charge in [0, 0.05) is 5.70 Å². The largest absolute Gasteiger partial charge is 0.465 e. The fraction of sp³-hybridized carbons (Fsp3) is 0.583. The van der Waals surface area contributed by atoms with Crippen molar-refractivity contribution in [1.29, 1.82) is 0 Å². The second-order valence-electron chi connectivity index (χ2n) is 3.82. The van der Waals surface area contributed by atoms with Gasteiger partial charge in [0.15, 0.2) is 5.57 Å². The van der Waals surface area contributed by atoms with Crippen molar-refractivity contribution in [3.05, 3.63) is 11.3 Å². The van der Waals surface area contributed by atoms with E-state index in [-0.39, 0.29) is 12.2 Å². The first-order valence-corrected chi connectivity index (χ1v) is 5.88. The van der Waals surface area contributed by atoms with Crippen LogP contribution in [-0.2, 0) is 28.6 Å². The molecule has 0 aliphatic carbocycles. The maximum atomic E-state index is 11.6. The van der Waals surface area contributed by atoms with E-state index in [1.807, 2.05) is 0 Å². The number of methoxy groups -OCH3 is 2. The van der Waals surface area contributed by atoms with Crippen LogP contribution in [0.3, 0.4) is 0 Å². The van der Waals surface area contributed by atoms with Gasteiger partial charge in [-0.25, -0.2) is 14.4 Å². The van der Waals surface area contributed by atoms with Gasteiger partial charge in [-0.05, 0) is 19.8 Å². The highest BCUT2D eigenvalue weighted by Gasteiger charge is 2.33. The van der Waals surface area contributed by atoms with E-state index in [1.54, 1.807) is 6.92 Å². The predicted octanol–water partition coefficient (Wildman–Crippen LogP) is -0.0984. The van der Waals surface area contributed by atoms with Gasteiger partial charge in [-0.3, -0.25) is 0 Å². The van der Waals surface area contributed by atoms with Gasteiger partial charge in [0.2, 0.25) is 0 Å². The highest BCUT2D eigenvalue weighted by molar-refractivity contribution is 6.14. The highest BCUT2D eigenvalue weighted by Crippen LogP contribution is 2.21. The molecule has 7 heteroatoms. The SMILES string of the molecule is CCOC(=O)[C@@H]1CCC(=C(C(=O)OC)C(=O)OC)N1. The molecule has 0 saturated carbocycles. The van der Waals surface area contributed by atoms with Crippen LogP contribution in [0.2, 0.25) is 0 Å². The van der Waals surface area contributed by atoms with Crippen molar-refractivity contribution in [3.63, 3.8) is 0 Å². The van der Waals surface area contributed by atoms with E-state index in [2.05, 4.69) is 14.8 Å². The second kappa shape index (κ2) is 6.77. The lowest BCUT2D eigenvalue weighted by Gasteiger charge is -2.11. The van der Waals surface area contributed by atoms with Gasteiger partial charge in [-0.1, -0.05) is 0 Å². The lowest BCUT2D eigenvalue weighted by molar-refractivity contribution is -0.146. The quantitative estimate of drug-likeness (QED) is 0.251. The van der Waals surface area contributed by atoms with Crippen LogP contribution in [0, 0.1) is 0 Å². The van der Waals surface area contributed by atoms with Crippen LogP contribution in [0.5, 0.6) is 0 Å². The number of nitrogens with one attached hydrogen (secondary N) is 1. The zero-order valence-electron chi connectivity index (χ0n) is 11.1. The number of hydrogen-bond donors (Lipinski definition) is 1. The zero-order valence-corrected chi connectivity index (χ0v) is 11.1. The normalized spacial score (nSPS) is 17.4. The molecule has 0 aromatic heterocycles. The van der Waals surface area contributed by atoms with Gasteiger partial charge in [-0.2, -0.15) is 0 Å². The Morgan fingerprint density at radius 2 is 1.79 bits per heavy atom. The Hall–Kier alpha value is -2.05. The molecule has 0 aromatic rings. The molecule has 0 aromatic carbocycles. The van der Waals surface area contributed by atoms with Crippen molar-refractivity contribution in [2.45, 2.75) is 25.8 Å². The predicted molar refractivity (Wildman–Crippen MR) is 63.8 cm³/mol. The monoisotopic (exact) mass is 271 g/mol. The van der Waals surface area contributed by atoms with Gasteiger partial charge in [0.05, 0.1) is 20.8 Å². The first-order chi connectivity index (χ1) is 9.04. The molecule has 7 nitrogen and oxygen atoms in total. The standard InChI is InChI=1S/C12H17NO6/c1-4-19-10(14)8-6-5-7(13-8)9(11(15)17-2)12(16)18-3/h8,13H,4-6H2,1-3H3/t8-/m0/s1. The molecule has 0 radical (unpaired) electrons. The second-order valence-corrected chi connectivity index (χ2v) is 3.82. The number of hydrogen-bond acceptors (Lipinski definition) is 7. The van der Waals surface area contributed by atoms with Crippen LogP contribution in [-0.4, -0.2) is 44.8 Å². The first kappa shape index (κ1) is 15.0. The summed E-state index contributed by atoms with van der Waals surface area (Å²) in [4.78, 5) is 34.7.